The Balaban J connectivity index is 1.32. The molecule has 0 spiro atoms. The van der Waals surface area contributed by atoms with Crippen LogP contribution in [-0.2, 0) is 9.53 Å². The summed E-state index contributed by atoms with van der Waals surface area (Å²) in [5.74, 6) is 2.21. The zero-order chi connectivity index (χ0) is 21.6. The predicted molar refractivity (Wildman–Crippen MR) is 113 cm³/mol. The highest BCUT2D eigenvalue weighted by Gasteiger charge is 2.29. The van der Waals surface area contributed by atoms with Crippen molar-refractivity contribution in [3.05, 3.63) is 59.4 Å². The minimum atomic E-state index is -0.464. The van der Waals surface area contributed by atoms with E-state index in [9.17, 15) is 4.79 Å². The van der Waals surface area contributed by atoms with Crippen LogP contribution in [0.1, 0.15) is 18.4 Å². The standard InChI is InChI=1S/C22H22ClN3O5/c1-28-17-6-2-15(3-7-17)21-24-22(31-25-21)19-14-26(11-13-30-19)20(27)10-12-29-18-8-4-16(23)5-9-18/h2-9,19H,10-14H2,1H3. The van der Waals surface area contributed by atoms with Gasteiger partial charge in [-0.1, -0.05) is 16.8 Å². The Morgan fingerprint density at radius 1 is 1.16 bits per heavy atom. The molecule has 1 amide bonds. The molecule has 0 saturated carbocycles. The lowest BCUT2D eigenvalue weighted by atomic mass is 10.2. The third-order valence-corrected chi connectivity index (χ3v) is 5.13. The van der Waals surface area contributed by atoms with Crippen LogP contribution in [0.3, 0.4) is 0 Å². The fraction of sp³-hybridized carbons (Fsp3) is 0.318. The summed E-state index contributed by atoms with van der Waals surface area (Å²) < 4.78 is 21.9. The Hall–Kier alpha value is -3.10. The topological polar surface area (TPSA) is 86.9 Å². The molecule has 0 aliphatic carbocycles. The molecule has 8 nitrogen and oxygen atoms in total. The van der Waals surface area contributed by atoms with E-state index < -0.39 is 6.10 Å². The third kappa shape index (κ3) is 5.34. The van der Waals surface area contributed by atoms with E-state index in [-0.39, 0.29) is 18.9 Å². The third-order valence-electron chi connectivity index (χ3n) is 4.88. The first kappa shape index (κ1) is 21.1. The summed E-state index contributed by atoms with van der Waals surface area (Å²) in [5, 5.41) is 4.67. The first-order valence-corrected chi connectivity index (χ1v) is 10.3. The number of benzene rings is 2. The second kappa shape index (κ2) is 9.80. The summed E-state index contributed by atoms with van der Waals surface area (Å²) in [6, 6.07) is 14.4. The first-order chi connectivity index (χ1) is 15.1. The van der Waals surface area contributed by atoms with E-state index in [4.69, 9.17) is 30.3 Å². The zero-order valence-corrected chi connectivity index (χ0v) is 17.7. The van der Waals surface area contributed by atoms with Gasteiger partial charge in [-0.05, 0) is 48.5 Å². The second-order valence-corrected chi connectivity index (χ2v) is 7.37. The lowest BCUT2D eigenvalue weighted by Crippen LogP contribution is -2.42. The van der Waals surface area contributed by atoms with Crippen molar-refractivity contribution in [1.29, 1.82) is 0 Å². The molecule has 2 heterocycles. The maximum atomic E-state index is 12.6. The molecule has 2 aromatic carbocycles. The van der Waals surface area contributed by atoms with Crippen molar-refractivity contribution in [2.24, 2.45) is 0 Å². The molecular weight excluding hydrogens is 422 g/mol. The van der Waals surface area contributed by atoms with Gasteiger partial charge in [0.1, 0.15) is 11.5 Å². The van der Waals surface area contributed by atoms with Gasteiger partial charge in [0.15, 0.2) is 6.10 Å². The van der Waals surface area contributed by atoms with Crippen LogP contribution in [0, 0.1) is 0 Å². The molecule has 1 aliphatic rings. The van der Waals surface area contributed by atoms with Gasteiger partial charge >= 0.3 is 0 Å². The quantitative estimate of drug-likeness (QED) is 0.549. The number of amides is 1. The zero-order valence-electron chi connectivity index (χ0n) is 17.0. The second-order valence-electron chi connectivity index (χ2n) is 6.94. The number of carbonyl (C=O) groups excluding carboxylic acids is 1. The summed E-state index contributed by atoms with van der Waals surface area (Å²) in [4.78, 5) is 18.8. The van der Waals surface area contributed by atoms with Crippen molar-refractivity contribution >= 4 is 17.5 Å². The molecule has 0 radical (unpaired) electrons. The molecule has 1 saturated heterocycles. The largest absolute Gasteiger partial charge is 0.497 e. The number of ether oxygens (including phenoxy) is 3. The molecule has 1 aliphatic heterocycles. The van der Waals surface area contributed by atoms with Crippen molar-refractivity contribution in [2.75, 3.05) is 33.4 Å². The summed E-state index contributed by atoms with van der Waals surface area (Å²) in [5.41, 5.74) is 0.805. The first-order valence-electron chi connectivity index (χ1n) is 9.88. The number of aromatic nitrogens is 2. The van der Waals surface area contributed by atoms with Gasteiger partial charge in [0.25, 0.3) is 5.89 Å². The molecule has 1 unspecified atom stereocenters. The average molecular weight is 444 g/mol. The van der Waals surface area contributed by atoms with E-state index in [0.29, 0.717) is 42.2 Å². The monoisotopic (exact) mass is 443 g/mol. The maximum Gasteiger partial charge on any atom is 0.257 e. The molecule has 3 aromatic rings. The Kier molecular flexibility index (Phi) is 6.69. The van der Waals surface area contributed by atoms with Crippen molar-refractivity contribution in [2.45, 2.75) is 12.5 Å². The molecule has 0 N–H and O–H groups in total. The number of morpholine rings is 1. The van der Waals surface area contributed by atoms with Crippen LogP contribution in [0.25, 0.3) is 11.4 Å². The fourth-order valence-corrected chi connectivity index (χ4v) is 3.32. The fourth-order valence-electron chi connectivity index (χ4n) is 3.19. The van der Waals surface area contributed by atoms with E-state index in [2.05, 4.69) is 10.1 Å². The predicted octanol–water partition coefficient (Wildman–Crippen LogP) is 3.77. The van der Waals surface area contributed by atoms with E-state index in [1.807, 2.05) is 24.3 Å². The number of rotatable bonds is 7. The highest BCUT2D eigenvalue weighted by atomic mass is 35.5. The van der Waals surface area contributed by atoms with Gasteiger partial charge < -0.3 is 23.6 Å². The highest BCUT2D eigenvalue weighted by Crippen LogP contribution is 2.25. The van der Waals surface area contributed by atoms with Crippen LogP contribution in [-0.4, -0.2) is 54.4 Å². The minimum Gasteiger partial charge on any atom is -0.497 e. The molecule has 1 fully saturated rings. The van der Waals surface area contributed by atoms with Gasteiger partial charge in [-0.3, -0.25) is 4.79 Å². The molecule has 0 bridgehead atoms. The minimum absolute atomic E-state index is 0.0165. The van der Waals surface area contributed by atoms with Crippen molar-refractivity contribution in [3.8, 4) is 22.9 Å². The van der Waals surface area contributed by atoms with E-state index in [1.54, 1.807) is 36.3 Å². The van der Waals surface area contributed by atoms with Crippen LogP contribution in [0.4, 0.5) is 0 Å². The summed E-state index contributed by atoms with van der Waals surface area (Å²) in [6.45, 7) is 1.54. The van der Waals surface area contributed by atoms with Crippen LogP contribution in [0.15, 0.2) is 53.1 Å². The van der Waals surface area contributed by atoms with Crippen LogP contribution in [0.5, 0.6) is 11.5 Å². The van der Waals surface area contributed by atoms with Crippen LogP contribution in [0.2, 0.25) is 5.02 Å². The van der Waals surface area contributed by atoms with Crippen molar-refractivity contribution in [1.82, 2.24) is 15.0 Å². The lowest BCUT2D eigenvalue weighted by molar-refractivity contribution is -0.140. The Labute approximate surface area is 184 Å². The number of nitrogens with zero attached hydrogens (tertiary/aromatic N) is 3. The average Bonchev–Trinajstić information content (AvgIpc) is 3.31. The molecule has 9 heteroatoms. The smallest absolute Gasteiger partial charge is 0.257 e. The van der Waals surface area contributed by atoms with Gasteiger partial charge in [0.05, 0.1) is 33.3 Å². The molecule has 4 rings (SSSR count). The number of methoxy groups -OCH3 is 1. The van der Waals surface area contributed by atoms with Gasteiger partial charge in [-0.15, -0.1) is 0 Å². The van der Waals surface area contributed by atoms with E-state index >= 15 is 0 Å². The van der Waals surface area contributed by atoms with Crippen molar-refractivity contribution in [3.63, 3.8) is 0 Å². The van der Waals surface area contributed by atoms with E-state index in [0.717, 1.165) is 11.3 Å². The molecular formula is C22H22ClN3O5. The van der Waals surface area contributed by atoms with E-state index in [1.165, 1.54) is 0 Å². The van der Waals surface area contributed by atoms with Crippen LogP contribution < -0.4 is 9.47 Å². The summed E-state index contributed by atoms with van der Waals surface area (Å²) >= 11 is 5.86. The number of carbonyl (C=O) groups is 1. The number of hydrogen-bond acceptors (Lipinski definition) is 7. The SMILES string of the molecule is COc1ccc(-c2noc(C3CN(C(=O)CCOc4ccc(Cl)cc4)CCO3)n2)cc1. The lowest BCUT2D eigenvalue weighted by Gasteiger charge is -2.31. The highest BCUT2D eigenvalue weighted by molar-refractivity contribution is 6.30. The molecule has 162 valence electrons. The summed E-state index contributed by atoms with van der Waals surface area (Å²) in [7, 11) is 1.61. The number of hydrogen-bond donors (Lipinski definition) is 0. The maximum absolute atomic E-state index is 12.6. The van der Waals surface area contributed by atoms with Gasteiger partial charge in [0, 0.05) is 17.1 Å². The molecule has 31 heavy (non-hydrogen) atoms. The van der Waals surface area contributed by atoms with Gasteiger partial charge in [-0.25, -0.2) is 0 Å². The molecule has 1 atom stereocenters. The number of halogens is 1. The Morgan fingerprint density at radius 2 is 1.90 bits per heavy atom. The van der Waals surface area contributed by atoms with Gasteiger partial charge in [-0.2, -0.15) is 4.98 Å². The molecule has 1 aromatic heterocycles. The summed E-state index contributed by atoms with van der Waals surface area (Å²) in [6.07, 6.45) is -0.203. The normalized spacial score (nSPS) is 16.2. The van der Waals surface area contributed by atoms with Crippen molar-refractivity contribution < 1.29 is 23.5 Å². The van der Waals surface area contributed by atoms with Gasteiger partial charge in [0.2, 0.25) is 11.7 Å². The Morgan fingerprint density at radius 3 is 2.65 bits per heavy atom. The Bertz CT molecular complexity index is 1010. The van der Waals surface area contributed by atoms with Crippen LogP contribution >= 0.6 is 11.6 Å².